The van der Waals surface area contributed by atoms with Crippen LogP contribution in [0.5, 0.6) is 0 Å². The van der Waals surface area contributed by atoms with Gasteiger partial charge in [0.05, 0.1) is 13.7 Å². The molecule has 0 fully saturated rings. The predicted octanol–water partition coefficient (Wildman–Crippen LogP) is 7.78. The number of hydrogen-bond acceptors (Lipinski definition) is 2. The second-order valence-electron chi connectivity index (χ2n) is 4.47. The maximum atomic E-state index is 13.3. The van der Waals surface area contributed by atoms with Crippen LogP contribution >= 0.6 is 122 Å². The number of alkyl halides is 4. The summed E-state index contributed by atoms with van der Waals surface area (Å²) >= 11 is 15.8. The minimum Gasteiger partial charge on any atom is -0.218 e. The normalized spacial score (nSPS) is 12.2. The Kier molecular flexibility index (Phi) is 8.41. The molecule has 0 radical (unpaired) electrons. The van der Waals surface area contributed by atoms with Gasteiger partial charge >= 0.3 is 0 Å². The van der Waals surface area contributed by atoms with Crippen LogP contribution in [0.4, 0.5) is 0 Å². The Morgan fingerprint density at radius 1 is 0.739 bits per heavy atom. The third-order valence-corrected chi connectivity index (χ3v) is 8.56. The van der Waals surface area contributed by atoms with Crippen molar-refractivity contribution in [1.82, 2.24) is 0 Å². The Bertz CT molecular complexity index is 775. The minimum atomic E-state index is -3.58. The van der Waals surface area contributed by atoms with E-state index < -0.39 is 9.84 Å². The molecule has 23 heavy (non-hydrogen) atoms. The first-order valence-electron chi connectivity index (χ1n) is 6.05. The van der Waals surface area contributed by atoms with E-state index in [4.69, 9.17) is 0 Å². The maximum absolute atomic E-state index is 13.3. The summed E-state index contributed by atoms with van der Waals surface area (Å²) in [5.41, 5.74) is 1.60. The van der Waals surface area contributed by atoms with Crippen LogP contribution in [0.25, 0.3) is 0 Å². The molecule has 0 aliphatic heterocycles. The molecular weight excluding hydrogens is 900 g/mol. The Hall–Kier alpha value is 2.27. The van der Waals surface area contributed by atoms with Gasteiger partial charge < -0.3 is 0 Å². The first-order chi connectivity index (χ1) is 10.6. The van der Waals surface area contributed by atoms with Gasteiger partial charge in [0, 0.05) is 8.95 Å². The molecule has 0 unspecified atom stereocenters. The maximum Gasteiger partial charge on any atom is 0.207 e. The summed E-state index contributed by atoms with van der Waals surface area (Å²) in [6.07, 6.45) is 0. The van der Waals surface area contributed by atoms with Crippen LogP contribution in [-0.4, -0.2) is 8.42 Å². The quantitative estimate of drug-likeness (QED) is 0.232. The Balaban J connectivity index is 2.74. The van der Waals surface area contributed by atoms with Crippen LogP contribution in [0.3, 0.4) is 0 Å². The van der Waals surface area contributed by atoms with Gasteiger partial charge in [-0.15, -0.1) is 0 Å². The van der Waals surface area contributed by atoms with Gasteiger partial charge in [0.2, 0.25) is 9.84 Å². The number of sulfone groups is 1. The van der Waals surface area contributed by atoms with Crippen molar-refractivity contribution in [2.75, 3.05) is 0 Å². The lowest BCUT2D eigenvalue weighted by Crippen LogP contribution is -2.08. The van der Waals surface area contributed by atoms with Crippen molar-refractivity contribution < 1.29 is 8.42 Å². The van der Waals surface area contributed by atoms with E-state index in [1.807, 2.05) is 12.1 Å². The molecule has 0 aliphatic carbocycles. The topological polar surface area (TPSA) is 34.1 Å². The van der Waals surface area contributed by atoms with E-state index in [-0.39, 0.29) is 3.86 Å². The van der Waals surface area contributed by atoms with E-state index in [0.717, 1.165) is 20.1 Å². The van der Waals surface area contributed by atoms with Gasteiger partial charge in [-0.1, -0.05) is 122 Å². The molecule has 9 heteroatoms. The van der Waals surface area contributed by atoms with Crippen molar-refractivity contribution in [3.05, 3.63) is 56.5 Å². The van der Waals surface area contributed by atoms with Crippen LogP contribution in [0.2, 0.25) is 0 Å². The smallest absolute Gasteiger partial charge is 0.207 e. The predicted molar refractivity (Wildman–Crippen MR) is 135 cm³/mol. The molecule has 2 aromatic rings. The van der Waals surface area contributed by atoms with E-state index in [1.165, 1.54) is 0 Å². The van der Waals surface area contributed by atoms with Crippen molar-refractivity contribution in [1.29, 1.82) is 0 Å². The summed E-state index contributed by atoms with van der Waals surface area (Å²) in [5.74, 6) is 0. The number of rotatable bonds is 4. The molecule has 0 amide bonds. The third kappa shape index (κ3) is 5.17. The van der Waals surface area contributed by atoms with Gasteiger partial charge in [0.25, 0.3) is 0 Å². The molecule has 0 saturated carbocycles. The van der Waals surface area contributed by atoms with Gasteiger partial charge in [-0.3, -0.25) is 0 Å². The van der Waals surface area contributed by atoms with Crippen LogP contribution in [0, 0.1) is 0 Å². The summed E-state index contributed by atoms with van der Waals surface area (Å²) in [6.45, 7) is 0. The molecule has 0 N–H and O–H groups in total. The van der Waals surface area contributed by atoms with Crippen molar-refractivity contribution in [3.8, 4) is 0 Å². The second kappa shape index (κ2) is 8.97. The lowest BCUT2D eigenvalue weighted by Gasteiger charge is -2.16. The first kappa shape index (κ1) is 21.6. The first-order valence-corrected chi connectivity index (χ1v) is 14.1. The molecule has 0 aromatic heterocycles. The molecule has 0 bridgehead atoms. The lowest BCUT2D eigenvalue weighted by atomic mass is 10.2. The van der Waals surface area contributed by atoms with E-state index >= 15 is 0 Å². The third-order valence-electron chi connectivity index (χ3n) is 2.99. The van der Waals surface area contributed by atoms with Crippen LogP contribution < -0.4 is 0 Å². The Morgan fingerprint density at radius 2 is 1.09 bits per heavy atom. The molecular formula is C14H8Br2I4O2S. The molecule has 2 aromatic carbocycles. The zero-order chi connectivity index (χ0) is 17.4. The van der Waals surface area contributed by atoms with Crippen LogP contribution in [-0.2, 0) is 9.84 Å². The van der Waals surface area contributed by atoms with Crippen molar-refractivity contribution in [2.24, 2.45) is 0 Å². The highest BCUT2D eigenvalue weighted by molar-refractivity contribution is 14.2. The summed E-state index contributed by atoms with van der Waals surface area (Å²) in [4.78, 5) is 0.734. The monoisotopic (exact) mass is 905 g/mol. The van der Waals surface area contributed by atoms with Crippen LogP contribution in [0.15, 0.2) is 55.1 Å². The summed E-state index contributed by atoms with van der Waals surface area (Å²) < 4.78 is 28.4. The molecule has 0 atom stereocenters. The SMILES string of the molecule is O=S(=O)(c1ccc(Br)cc1C(I)I)c1ccc(Br)cc1C(I)I. The van der Waals surface area contributed by atoms with E-state index in [2.05, 4.69) is 122 Å². The Labute approximate surface area is 207 Å². The van der Waals surface area contributed by atoms with Gasteiger partial charge in [0.1, 0.15) is 0 Å². The lowest BCUT2D eigenvalue weighted by molar-refractivity contribution is 0.595. The molecule has 2 rings (SSSR count). The van der Waals surface area contributed by atoms with Crippen molar-refractivity contribution in [3.63, 3.8) is 0 Å². The molecule has 0 saturated heterocycles. The zero-order valence-electron chi connectivity index (χ0n) is 11.1. The molecule has 2 nitrogen and oxygen atoms in total. The highest BCUT2D eigenvalue weighted by atomic mass is 127. The fourth-order valence-corrected chi connectivity index (χ4v) is 7.36. The van der Waals surface area contributed by atoms with Gasteiger partial charge in [0.15, 0.2) is 0 Å². The van der Waals surface area contributed by atoms with Crippen molar-refractivity contribution >= 4 is 132 Å². The largest absolute Gasteiger partial charge is 0.218 e. The molecule has 124 valence electrons. The van der Waals surface area contributed by atoms with E-state index in [1.54, 1.807) is 24.3 Å². The van der Waals surface area contributed by atoms with E-state index in [9.17, 15) is 8.42 Å². The summed E-state index contributed by atoms with van der Waals surface area (Å²) in [7, 11) is -3.58. The average Bonchev–Trinajstić information content (AvgIpc) is 2.46. The van der Waals surface area contributed by atoms with Crippen molar-refractivity contribution in [2.45, 2.75) is 13.7 Å². The average molecular weight is 908 g/mol. The fourth-order valence-electron chi connectivity index (χ4n) is 1.99. The van der Waals surface area contributed by atoms with Crippen LogP contribution in [0.1, 0.15) is 15.0 Å². The van der Waals surface area contributed by atoms with Gasteiger partial charge in [-0.2, -0.15) is 0 Å². The Morgan fingerprint density at radius 3 is 1.39 bits per heavy atom. The summed E-state index contributed by atoms with van der Waals surface area (Å²) in [6, 6.07) is 10.7. The van der Waals surface area contributed by atoms with Gasteiger partial charge in [-0.25, -0.2) is 8.42 Å². The molecule has 0 aliphatic rings. The highest BCUT2D eigenvalue weighted by Crippen LogP contribution is 2.42. The standard InChI is InChI=1S/C14H8Br2I4O2S/c15-7-1-3-11(9(5-7)13(17)18)23(21,22)12-4-2-8(16)6-10(12)14(19)20/h1-6,13-14H. The number of halogens is 6. The molecule has 0 spiro atoms. The second-order valence-corrected chi connectivity index (χ2v) is 17.9. The number of benzene rings is 2. The van der Waals surface area contributed by atoms with Gasteiger partial charge in [-0.05, 0) is 47.5 Å². The van der Waals surface area contributed by atoms with E-state index in [0.29, 0.717) is 9.79 Å². The summed E-state index contributed by atoms with van der Waals surface area (Å²) in [5, 5.41) is 0. The minimum absolute atomic E-state index is 0.0568. The number of hydrogen-bond donors (Lipinski definition) is 0. The zero-order valence-corrected chi connectivity index (χ0v) is 23.7. The highest BCUT2D eigenvalue weighted by Gasteiger charge is 2.27. The fraction of sp³-hybridized carbons (Fsp3) is 0.143. The molecule has 0 heterocycles.